The third-order valence-corrected chi connectivity index (χ3v) is 7.93. The number of sulfone groups is 2. The van der Waals surface area contributed by atoms with E-state index in [9.17, 15) is 16.8 Å². The van der Waals surface area contributed by atoms with Crippen molar-refractivity contribution in [3.8, 4) is 0 Å². The lowest BCUT2D eigenvalue weighted by molar-refractivity contribution is 0.548. The first kappa shape index (κ1) is 13.9. The second-order valence-corrected chi connectivity index (χ2v) is 8.64. The molecule has 0 saturated carbocycles. The molecule has 0 aliphatic heterocycles. The van der Waals surface area contributed by atoms with Crippen molar-refractivity contribution in [1.82, 2.24) is 0 Å². The molecule has 4 nitrogen and oxygen atoms in total. The first-order valence-electron chi connectivity index (χ1n) is 4.62. The second kappa shape index (κ2) is 4.61. The molecule has 0 aromatic rings. The summed E-state index contributed by atoms with van der Waals surface area (Å²) in [6, 6.07) is 0. The van der Waals surface area contributed by atoms with E-state index in [0.29, 0.717) is 0 Å². The predicted octanol–water partition coefficient (Wildman–Crippen LogP) is 0.838. The average molecular weight is 242 g/mol. The monoisotopic (exact) mass is 242 g/mol. The van der Waals surface area contributed by atoms with Gasteiger partial charge in [-0.15, -0.1) is 0 Å². The molecule has 0 aliphatic rings. The minimum absolute atomic E-state index is 0.130. The third-order valence-electron chi connectivity index (χ3n) is 2.06. The largest absolute Gasteiger partial charge is 0.227 e. The molecular formula is C8H18O4S2. The fraction of sp³-hybridized carbons (Fsp3) is 1.00. The topological polar surface area (TPSA) is 68.3 Å². The summed E-state index contributed by atoms with van der Waals surface area (Å²) in [7, 11) is -7.03. The summed E-state index contributed by atoms with van der Waals surface area (Å²) in [6.45, 7) is 6.17. The molecule has 0 aromatic carbocycles. The molecular weight excluding hydrogens is 224 g/mol. The van der Waals surface area contributed by atoms with Crippen LogP contribution in [0.5, 0.6) is 0 Å². The van der Waals surface area contributed by atoms with Crippen molar-refractivity contribution in [2.24, 2.45) is 5.92 Å². The number of rotatable bonds is 5. The van der Waals surface area contributed by atoms with Crippen LogP contribution in [0.25, 0.3) is 0 Å². The lowest BCUT2D eigenvalue weighted by Crippen LogP contribution is -2.37. The van der Waals surface area contributed by atoms with Gasteiger partial charge in [-0.05, 0) is 5.92 Å². The Morgan fingerprint density at radius 1 is 0.857 bits per heavy atom. The van der Waals surface area contributed by atoms with Crippen LogP contribution in [-0.2, 0) is 19.7 Å². The molecule has 0 fully saturated rings. The summed E-state index contributed by atoms with van der Waals surface area (Å²) in [4.78, 5) is 0. The van der Waals surface area contributed by atoms with E-state index in [1.165, 1.54) is 13.8 Å². The first-order valence-corrected chi connectivity index (χ1v) is 8.05. The highest BCUT2D eigenvalue weighted by Gasteiger charge is 2.37. The molecule has 0 N–H and O–H groups in total. The van der Waals surface area contributed by atoms with Crippen LogP contribution in [0.4, 0.5) is 0 Å². The van der Waals surface area contributed by atoms with Gasteiger partial charge in [0, 0.05) is 11.5 Å². The fourth-order valence-electron chi connectivity index (χ4n) is 1.38. The highest BCUT2D eigenvalue weighted by Crippen LogP contribution is 2.20. The lowest BCUT2D eigenvalue weighted by Gasteiger charge is -2.19. The summed E-state index contributed by atoms with van der Waals surface area (Å²) >= 11 is 0. The summed E-state index contributed by atoms with van der Waals surface area (Å²) < 4.78 is 45.0. The molecule has 0 radical (unpaired) electrons. The molecule has 0 rings (SSSR count). The maximum absolute atomic E-state index is 11.6. The normalized spacial score (nSPS) is 13.9. The van der Waals surface area contributed by atoms with Gasteiger partial charge in [-0.25, -0.2) is 16.8 Å². The SMILES string of the molecule is CCS(=O)(=O)C(C(C)C)S(=O)(=O)CC. The van der Waals surface area contributed by atoms with Crippen molar-refractivity contribution < 1.29 is 16.8 Å². The molecule has 0 saturated heterocycles. The van der Waals surface area contributed by atoms with E-state index in [1.807, 2.05) is 0 Å². The minimum atomic E-state index is -3.52. The molecule has 86 valence electrons. The van der Waals surface area contributed by atoms with Crippen LogP contribution >= 0.6 is 0 Å². The Morgan fingerprint density at radius 2 is 1.14 bits per heavy atom. The van der Waals surface area contributed by atoms with Crippen molar-refractivity contribution in [2.45, 2.75) is 32.3 Å². The van der Waals surface area contributed by atoms with Gasteiger partial charge in [0.2, 0.25) is 0 Å². The second-order valence-electron chi connectivity index (χ2n) is 3.52. The zero-order valence-electron chi connectivity index (χ0n) is 9.02. The van der Waals surface area contributed by atoms with Crippen LogP contribution in [0, 0.1) is 5.92 Å². The fourth-order valence-corrected chi connectivity index (χ4v) is 6.30. The highest BCUT2D eigenvalue weighted by atomic mass is 32.3. The summed E-state index contributed by atoms with van der Waals surface area (Å²) in [5.41, 5.74) is 0. The van der Waals surface area contributed by atoms with E-state index in [0.717, 1.165) is 0 Å². The van der Waals surface area contributed by atoms with Crippen LogP contribution in [0.2, 0.25) is 0 Å². The standard InChI is InChI=1S/C8H18O4S2/c1-5-13(9,10)8(7(3)4)14(11,12)6-2/h7-8H,5-6H2,1-4H3. The van der Waals surface area contributed by atoms with Gasteiger partial charge in [-0.1, -0.05) is 27.7 Å². The molecule has 0 unspecified atom stereocenters. The molecule has 0 aromatic heterocycles. The summed E-state index contributed by atoms with van der Waals surface area (Å²) in [6.07, 6.45) is 0. The Balaban J connectivity index is 5.42. The van der Waals surface area contributed by atoms with Gasteiger partial charge in [-0.2, -0.15) is 0 Å². The number of hydrogen-bond donors (Lipinski definition) is 0. The maximum Gasteiger partial charge on any atom is 0.167 e. The van der Waals surface area contributed by atoms with E-state index < -0.39 is 30.2 Å². The van der Waals surface area contributed by atoms with Crippen LogP contribution in [-0.4, -0.2) is 32.9 Å². The molecule has 0 aliphatic carbocycles. The molecule has 0 bridgehead atoms. The zero-order chi connectivity index (χ0) is 11.6. The quantitative estimate of drug-likeness (QED) is 0.716. The Bertz CT molecular complexity index is 330. The number of hydrogen-bond acceptors (Lipinski definition) is 4. The Labute approximate surface area is 86.5 Å². The van der Waals surface area contributed by atoms with Crippen LogP contribution < -0.4 is 0 Å². The molecule has 0 spiro atoms. The molecule has 6 heteroatoms. The summed E-state index contributed by atoms with van der Waals surface area (Å²) in [5, 5.41) is 0. The highest BCUT2D eigenvalue weighted by molar-refractivity contribution is 8.09. The average Bonchev–Trinajstić information content (AvgIpc) is 2.02. The van der Waals surface area contributed by atoms with Gasteiger partial charge in [0.25, 0.3) is 0 Å². The molecule has 0 heterocycles. The van der Waals surface area contributed by atoms with Gasteiger partial charge < -0.3 is 0 Å². The van der Waals surface area contributed by atoms with E-state index in [-0.39, 0.29) is 11.5 Å². The van der Waals surface area contributed by atoms with E-state index in [4.69, 9.17) is 0 Å². The smallest absolute Gasteiger partial charge is 0.167 e. The first-order chi connectivity index (χ1) is 6.19. The van der Waals surface area contributed by atoms with Gasteiger partial charge >= 0.3 is 0 Å². The molecule has 0 atom stereocenters. The maximum atomic E-state index is 11.6. The van der Waals surface area contributed by atoms with Gasteiger partial charge in [0.1, 0.15) is 0 Å². The van der Waals surface area contributed by atoms with Crippen LogP contribution in [0.3, 0.4) is 0 Å². The van der Waals surface area contributed by atoms with Crippen LogP contribution in [0.15, 0.2) is 0 Å². The Kier molecular flexibility index (Phi) is 4.58. The van der Waals surface area contributed by atoms with Crippen molar-refractivity contribution in [3.63, 3.8) is 0 Å². The Morgan fingerprint density at radius 3 is 1.29 bits per heavy atom. The van der Waals surface area contributed by atoms with Gasteiger partial charge in [0.05, 0.1) is 0 Å². The zero-order valence-corrected chi connectivity index (χ0v) is 10.7. The van der Waals surface area contributed by atoms with Crippen molar-refractivity contribution in [3.05, 3.63) is 0 Å². The van der Waals surface area contributed by atoms with E-state index in [2.05, 4.69) is 0 Å². The van der Waals surface area contributed by atoms with E-state index >= 15 is 0 Å². The minimum Gasteiger partial charge on any atom is -0.227 e. The van der Waals surface area contributed by atoms with Crippen molar-refractivity contribution in [1.29, 1.82) is 0 Å². The molecule has 14 heavy (non-hydrogen) atoms. The van der Waals surface area contributed by atoms with Crippen molar-refractivity contribution in [2.75, 3.05) is 11.5 Å². The van der Waals surface area contributed by atoms with Gasteiger partial charge in [-0.3, -0.25) is 0 Å². The molecule has 0 amide bonds. The Hall–Kier alpha value is -0.100. The van der Waals surface area contributed by atoms with Crippen molar-refractivity contribution >= 4 is 19.7 Å². The van der Waals surface area contributed by atoms with E-state index in [1.54, 1.807) is 13.8 Å². The van der Waals surface area contributed by atoms with Gasteiger partial charge in [0.15, 0.2) is 24.3 Å². The van der Waals surface area contributed by atoms with Crippen LogP contribution in [0.1, 0.15) is 27.7 Å². The summed E-state index contributed by atoms with van der Waals surface area (Å²) in [5.74, 6) is -0.658. The lowest BCUT2D eigenvalue weighted by atomic mass is 10.3. The predicted molar refractivity (Wildman–Crippen MR) is 57.5 cm³/mol. The third kappa shape index (κ3) is 2.95.